The average molecular weight is 482 g/mol. The molecule has 0 radical (unpaired) electrons. The van der Waals surface area contributed by atoms with Crippen LogP contribution in [0.15, 0.2) is 6.07 Å². The molecule has 1 saturated heterocycles. The Balaban J connectivity index is 1.64. The van der Waals surface area contributed by atoms with Crippen LogP contribution in [-0.2, 0) is 11.2 Å². The van der Waals surface area contributed by atoms with E-state index < -0.39 is 36.6 Å². The SMILES string of the molecule is COc1c(C)cc2c(c1O)[C@@H]1[C@H]3C(=O)c4c(O)c(C)c5c(c4[C@H](CO)N3C(=O)[C@H](C2)N1C)OCO5. The molecule has 35 heavy (non-hydrogen) atoms. The number of Topliss-reactive ketones (excluding diaryl/α,β-unsaturated/α-hetero) is 1. The maximum Gasteiger partial charge on any atom is 0.241 e. The molecule has 4 aliphatic rings. The topological polar surface area (TPSA) is 129 Å². The van der Waals surface area contributed by atoms with Gasteiger partial charge in [-0.15, -0.1) is 0 Å². The number of nitrogens with zero attached hydrogens (tertiary/aromatic N) is 2. The third-order valence-corrected chi connectivity index (χ3v) is 7.96. The summed E-state index contributed by atoms with van der Waals surface area (Å²) in [7, 11) is 3.22. The molecule has 4 heterocycles. The number of fused-ring (bicyclic) bond motifs is 9. The van der Waals surface area contributed by atoms with Gasteiger partial charge < -0.3 is 34.4 Å². The number of phenolic OH excluding ortho intramolecular Hbond substituents is 2. The zero-order valence-electron chi connectivity index (χ0n) is 19.8. The molecular formula is C25H26N2O8. The van der Waals surface area contributed by atoms with Crippen LogP contribution in [-0.4, -0.2) is 76.5 Å². The third-order valence-electron chi connectivity index (χ3n) is 7.96. The van der Waals surface area contributed by atoms with E-state index in [0.29, 0.717) is 29.0 Å². The maximum atomic E-state index is 14.1. The molecule has 4 aliphatic heterocycles. The molecule has 0 unspecified atom stereocenters. The molecule has 2 bridgehead atoms. The van der Waals surface area contributed by atoms with Gasteiger partial charge in [-0.25, -0.2) is 0 Å². The Labute approximate surface area is 201 Å². The number of aliphatic hydroxyl groups is 1. The van der Waals surface area contributed by atoms with Gasteiger partial charge in [-0.1, -0.05) is 6.07 Å². The first-order valence-corrected chi connectivity index (χ1v) is 11.5. The fourth-order valence-corrected chi connectivity index (χ4v) is 6.42. The lowest BCUT2D eigenvalue weighted by Gasteiger charge is -2.56. The Bertz CT molecular complexity index is 1320. The predicted octanol–water partition coefficient (Wildman–Crippen LogP) is 1.49. The Morgan fingerprint density at radius 3 is 2.49 bits per heavy atom. The summed E-state index contributed by atoms with van der Waals surface area (Å²) in [5.41, 5.74) is 2.63. The zero-order valence-corrected chi connectivity index (χ0v) is 19.8. The highest BCUT2D eigenvalue weighted by Gasteiger charge is 2.59. The molecule has 2 aromatic carbocycles. The van der Waals surface area contributed by atoms with Crippen molar-refractivity contribution in [2.45, 2.75) is 44.4 Å². The fourth-order valence-electron chi connectivity index (χ4n) is 6.42. The molecule has 1 fully saturated rings. The van der Waals surface area contributed by atoms with Crippen molar-refractivity contribution in [3.05, 3.63) is 39.4 Å². The van der Waals surface area contributed by atoms with Crippen molar-refractivity contribution in [3.63, 3.8) is 0 Å². The van der Waals surface area contributed by atoms with Crippen LogP contribution in [0.3, 0.4) is 0 Å². The van der Waals surface area contributed by atoms with E-state index in [4.69, 9.17) is 14.2 Å². The van der Waals surface area contributed by atoms with Gasteiger partial charge in [0.05, 0.1) is 37.4 Å². The van der Waals surface area contributed by atoms with Gasteiger partial charge in [0.1, 0.15) is 11.8 Å². The van der Waals surface area contributed by atoms with Crippen molar-refractivity contribution in [1.29, 1.82) is 0 Å². The first-order chi connectivity index (χ1) is 16.7. The largest absolute Gasteiger partial charge is 0.507 e. The van der Waals surface area contributed by atoms with Crippen LogP contribution < -0.4 is 14.2 Å². The van der Waals surface area contributed by atoms with Crippen LogP contribution in [0.25, 0.3) is 0 Å². The minimum atomic E-state index is -1.09. The number of benzene rings is 2. The number of hydrogen-bond acceptors (Lipinski definition) is 9. The van der Waals surface area contributed by atoms with Crippen LogP contribution in [0, 0.1) is 13.8 Å². The molecule has 6 rings (SSSR count). The van der Waals surface area contributed by atoms with Crippen molar-refractivity contribution in [2.75, 3.05) is 27.6 Å². The average Bonchev–Trinajstić information content (AvgIpc) is 3.31. The summed E-state index contributed by atoms with van der Waals surface area (Å²) in [6, 6.07) is -1.44. The Morgan fingerprint density at radius 1 is 1.09 bits per heavy atom. The van der Waals surface area contributed by atoms with Crippen molar-refractivity contribution >= 4 is 11.7 Å². The number of aromatic hydroxyl groups is 2. The molecule has 0 saturated carbocycles. The van der Waals surface area contributed by atoms with E-state index in [1.54, 1.807) is 18.9 Å². The molecule has 0 spiro atoms. The second kappa shape index (κ2) is 7.25. The molecule has 184 valence electrons. The van der Waals surface area contributed by atoms with E-state index in [9.17, 15) is 24.9 Å². The molecule has 3 N–H and O–H groups in total. The number of phenols is 2. The van der Waals surface area contributed by atoms with Crippen LogP contribution in [0.2, 0.25) is 0 Å². The van der Waals surface area contributed by atoms with Crippen molar-refractivity contribution in [3.8, 4) is 28.7 Å². The Kier molecular flexibility index (Phi) is 4.56. The van der Waals surface area contributed by atoms with Gasteiger partial charge in [-0.2, -0.15) is 0 Å². The number of aliphatic hydroxyl groups excluding tert-OH is 1. The van der Waals surface area contributed by atoms with Crippen LogP contribution in [0.1, 0.15) is 50.3 Å². The van der Waals surface area contributed by atoms with E-state index in [1.807, 2.05) is 13.0 Å². The number of rotatable bonds is 2. The molecule has 4 atom stereocenters. The van der Waals surface area contributed by atoms with Gasteiger partial charge in [0, 0.05) is 16.7 Å². The zero-order chi connectivity index (χ0) is 24.9. The number of piperazine rings is 1. The minimum absolute atomic E-state index is 0.0115. The second-order valence-corrected chi connectivity index (χ2v) is 9.56. The summed E-state index contributed by atoms with van der Waals surface area (Å²) >= 11 is 0. The number of carbonyl (C=O) groups excluding carboxylic acids is 2. The minimum Gasteiger partial charge on any atom is -0.507 e. The fraction of sp³-hybridized carbons (Fsp3) is 0.440. The molecule has 0 aromatic heterocycles. The van der Waals surface area contributed by atoms with Crippen LogP contribution in [0.5, 0.6) is 28.7 Å². The number of amides is 1. The lowest BCUT2D eigenvalue weighted by Crippen LogP contribution is -2.68. The van der Waals surface area contributed by atoms with Gasteiger partial charge in [-0.3, -0.25) is 14.5 Å². The van der Waals surface area contributed by atoms with E-state index in [0.717, 1.165) is 11.1 Å². The number of aryl methyl sites for hydroxylation is 1. The lowest BCUT2D eigenvalue weighted by molar-refractivity contribution is -0.155. The molecule has 1 amide bonds. The van der Waals surface area contributed by atoms with E-state index in [-0.39, 0.29) is 41.1 Å². The smallest absolute Gasteiger partial charge is 0.241 e. The highest BCUT2D eigenvalue weighted by atomic mass is 16.7. The summed E-state index contributed by atoms with van der Waals surface area (Å²) in [5.74, 6) is -0.251. The van der Waals surface area contributed by atoms with Crippen molar-refractivity contribution < 1.29 is 39.1 Å². The molecule has 2 aromatic rings. The molecule has 0 aliphatic carbocycles. The number of likely N-dealkylation sites (N-methyl/N-ethyl adjacent to an activating group) is 1. The highest BCUT2D eigenvalue weighted by molar-refractivity contribution is 6.10. The summed E-state index contributed by atoms with van der Waals surface area (Å²) in [6.45, 7) is 2.86. The third kappa shape index (κ3) is 2.55. The quantitative estimate of drug-likeness (QED) is 0.583. The Morgan fingerprint density at radius 2 is 1.80 bits per heavy atom. The second-order valence-electron chi connectivity index (χ2n) is 9.56. The number of ketones is 1. The molecule has 10 heteroatoms. The number of hydrogen-bond donors (Lipinski definition) is 3. The highest BCUT2D eigenvalue weighted by Crippen LogP contribution is 2.57. The maximum absolute atomic E-state index is 14.1. The summed E-state index contributed by atoms with van der Waals surface area (Å²) in [5, 5.41) is 32.8. The number of carbonyl (C=O) groups is 2. The summed E-state index contributed by atoms with van der Waals surface area (Å²) in [6.07, 6.45) is 0.332. The van der Waals surface area contributed by atoms with E-state index in [1.165, 1.54) is 12.0 Å². The first kappa shape index (κ1) is 22.0. The first-order valence-electron chi connectivity index (χ1n) is 11.5. The molecular weight excluding hydrogens is 456 g/mol. The molecule has 10 nitrogen and oxygen atoms in total. The summed E-state index contributed by atoms with van der Waals surface area (Å²) in [4.78, 5) is 31.2. The lowest BCUT2D eigenvalue weighted by atomic mass is 9.73. The van der Waals surface area contributed by atoms with E-state index >= 15 is 0 Å². The van der Waals surface area contributed by atoms with Crippen LogP contribution >= 0.6 is 0 Å². The van der Waals surface area contributed by atoms with Gasteiger partial charge in [0.2, 0.25) is 12.7 Å². The Hall–Kier alpha value is -3.50. The number of methoxy groups -OCH3 is 1. The van der Waals surface area contributed by atoms with Crippen molar-refractivity contribution in [1.82, 2.24) is 9.80 Å². The van der Waals surface area contributed by atoms with Gasteiger partial charge in [0.25, 0.3) is 0 Å². The standard InChI is InChI=1S/C25H26N2O8/c1-9-5-11-6-12-25(32)27-13(7-28)15-16(19(29)10(2)23-24(15)35-8-34-23)20(30)18(27)17(26(12)3)14(11)21(31)22(9)33-4/h5,12-13,17-18,28-29,31H,6-8H2,1-4H3/t12-,13-,17+,18-/m0/s1. The summed E-state index contributed by atoms with van der Waals surface area (Å²) < 4.78 is 16.6. The van der Waals surface area contributed by atoms with Gasteiger partial charge >= 0.3 is 0 Å². The number of ether oxygens (including phenoxy) is 3. The van der Waals surface area contributed by atoms with E-state index in [2.05, 4.69) is 0 Å². The van der Waals surface area contributed by atoms with Gasteiger partial charge in [0.15, 0.2) is 28.8 Å². The monoisotopic (exact) mass is 482 g/mol. The predicted molar refractivity (Wildman–Crippen MR) is 121 cm³/mol. The normalized spacial score (nSPS) is 26.4. The van der Waals surface area contributed by atoms with Crippen molar-refractivity contribution in [2.24, 2.45) is 0 Å². The van der Waals surface area contributed by atoms with Gasteiger partial charge in [-0.05, 0) is 38.4 Å². The van der Waals surface area contributed by atoms with Crippen LogP contribution in [0.4, 0.5) is 0 Å².